The Morgan fingerprint density at radius 2 is 1.56 bits per heavy atom. The molecule has 0 bridgehead atoms. The maximum Gasteiger partial charge on any atom is 0.247 e. The lowest BCUT2D eigenvalue weighted by Crippen LogP contribution is -2.13. The summed E-state index contributed by atoms with van der Waals surface area (Å²) in [6.45, 7) is 0. The number of phenols is 1. The molecule has 4 aromatic rings. The second kappa shape index (κ2) is 9.62. The topological polar surface area (TPSA) is 70.8 Å². The summed E-state index contributed by atoms with van der Waals surface area (Å²) in [5, 5.41) is 15.9. The summed E-state index contributed by atoms with van der Waals surface area (Å²) in [5.41, 5.74) is 4.36. The van der Waals surface area contributed by atoms with Gasteiger partial charge in [0.2, 0.25) is 5.95 Å². The van der Waals surface area contributed by atoms with Gasteiger partial charge in [0.15, 0.2) is 11.5 Å². The number of halogens is 1. The monoisotopic (exact) mass is 488 g/mol. The van der Waals surface area contributed by atoms with Gasteiger partial charge in [-0.15, -0.1) is 0 Å². The summed E-state index contributed by atoms with van der Waals surface area (Å²) in [6.07, 6.45) is 1.67. The third-order valence-corrected chi connectivity index (χ3v) is 5.33. The largest absolute Gasteiger partial charge is 0.504 e. The van der Waals surface area contributed by atoms with Crippen LogP contribution in [-0.2, 0) is 0 Å². The van der Waals surface area contributed by atoms with Gasteiger partial charge >= 0.3 is 0 Å². The minimum Gasteiger partial charge on any atom is -0.504 e. The summed E-state index contributed by atoms with van der Waals surface area (Å²) in [6, 6.07) is 25.0. The number of nitrogens with zero attached hydrogens (tertiary/aromatic N) is 4. The number of ether oxygens (including phenoxy) is 1. The smallest absolute Gasteiger partial charge is 0.247 e. The molecule has 1 N–H and O–H groups in total. The highest BCUT2D eigenvalue weighted by Crippen LogP contribution is 2.28. The molecule has 0 aliphatic heterocycles. The molecule has 0 radical (unpaired) electrons. The molecule has 32 heavy (non-hydrogen) atoms. The Bertz CT molecular complexity index is 1240. The van der Waals surface area contributed by atoms with Gasteiger partial charge in [-0.3, -0.25) is 0 Å². The Balaban J connectivity index is 1.72. The first-order chi connectivity index (χ1) is 15.5. The molecule has 0 unspecified atom stereocenters. The lowest BCUT2D eigenvalue weighted by molar-refractivity contribution is 0.373. The Morgan fingerprint density at radius 3 is 2.22 bits per heavy atom. The Kier molecular flexibility index (Phi) is 6.47. The zero-order valence-electron chi connectivity index (χ0n) is 17.6. The number of aromatic hydroxyl groups is 1. The Morgan fingerprint density at radius 1 is 0.906 bits per heavy atom. The lowest BCUT2D eigenvalue weighted by Gasteiger charge is -2.14. The number of phenolic OH excluding ortho intramolecular Hbond substituents is 1. The van der Waals surface area contributed by atoms with Crippen LogP contribution in [0.25, 0.3) is 22.5 Å². The van der Waals surface area contributed by atoms with E-state index in [0.29, 0.717) is 11.7 Å². The summed E-state index contributed by atoms with van der Waals surface area (Å²) in [5.74, 6) is 0.929. The SMILES string of the molecule is COc1cc(/C=N/N(C)c2nc(-c3ccccc3)cc(-c3ccc(Br)cc3)n2)ccc1O. The molecule has 0 aliphatic rings. The number of methoxy groups -OCH3 is 1. The molecule has 7 heteroatoms. The van der Waals surface area contributed by atoms with Gasteiger partial charge in [0.05, 0.1) is 24.7 Å². The van der Waals surface area contributed by atoms with E-state index in [1.165, 1.54) is 7.11 Å². The maximum absolute atomic E-state index is 9.78. The molecule has 0 spiro atoms. The van der Waals surface area contributed by atoms with Crippen LogP contribution in [0.2, 0.25) is 0 Å². The fraction of sp³-hybridized carbons (Fsp3) is 0.0800. The van der Waals surface area contributed by atoms with Gasteiger partial charge in [-0.05, 0) is 42.0 Å². The minimum absolute atomic E-state index is 0.0797. The van der Waals surface area contributed by atoms with E-state index >= 15 is 0 Å². The first-order valence-electron chi connectivity index (χ1n) is 9.88. The van der Waals surface area contributed by atoms with Crippen molar-refractivity contribution in [2.75, 3.05) is 19.2 Å². The molecule has 0 saturated heterocycles. The predicted molar refractivity (Wildman–Crippen MR) is 131 cm³/mol. The van der Waals surface area contributed by atoms with Crippen LogP contribution in [0.15, 0.2) is 88.4 Å². The van der Waals surface area contributed by atoms with Crippen molar-refractivity contribution in [2.45, 2.75) is 0 Å². The Hall–Kier alpha value is -3.71. The van der Waals surface area contributed by atoms with Crippen LogP contribution >= 0.6 is 15.9 Å². The Labute approximate surface area is 195 Å². The van der Waals surface area contributed by atoms with Gasteiger partial charge in [-0.25, -0.2) is 15.0 Å². The maximum atomic E-state index is 9.78. The average molecular weight is 489 g/mol. The van der Waals surface area contributed by atoms with E-state index < -0.39 is 0 Å². The molecule has 0 aliphatic carbocycles. The average Bonchev–Trinajstić information content (AvgIpc) is 2.84. The standard InChI is InChI=1S/C25H21BrN4O2/c1-30(27-16-17-8-13-23(31)24(14-17)32-2)25-28-21(18-6-4-3-5-7-18)15-22(29-25)19-9-11-20(26)12-10-19/h3-16,31H,1-2H3/b27-16+. The zero-order valence-corrected chi connectivity index (χ0v) is 19.2. The van der Waals surface area contributed by atoms with Crippen LogP contribution in [0.1, 0.15) is 5.56 Å². The van der Waals surface area contributed by atoms with Gasteiger partial charge in [0.1, 0.15) is 0 Å². The zero-order chi connectivity index (χ0) is 22.5. The van der Waals surface area contributed by atoms with E-state index in [1.807, 2.05) is 60.7 Å². The molecule has 0 amide bonds. The van der Waals surface area contributed by atoms with E-state index in [1.54, 1.807) is 36.5 Å². The first-order valence-corrected chi connectivity index (χ1v) is 10.7. The summed E-state index contributed by atoms with van der Waals surface area (Å²) in [4.78, 5) is 9.47. The number of rotatable bonds is 6. The summed E-state index contributed by atoms with van der Waals surface area (Å²) >= 11 is 3.48. The highest BCUT2D eigenvalue weighted by Gasteiger charge is 2.11. The van der Waals surface area contributed by atoms with E-state index in [4.69, 9.17) is 14.7 Å². The lowest BCUT2D eigenvalue weighted by atomic mass is 10.1. The van der Waals surface area contributed by atoms with E-state index in [2.05, 4.69) is 21.0 Å². The highest BCUT2D eigenvalue weighted by atomic mass is 79.9. The van der Waals surface area contributed by atoms with Gasteiger partial charge in [0, 0.05) is 22.6 Å². The molecular formula is C25H21BrN4O2. The van der Waals surface area contributed by atoms with Crippen molar-refractivity contribution in [2.24, 2.45) is 5.10 Å². The van der Waals surface area contributed by atoms with Gasteiger partial charge in [0.25, 0.3) is 0 Å². The van der Waals surface area contributed by atoms with E-state index in [9.17, 15) is 5.11 Å². The molecule has 160 valence electrons. The summed E-state index contributed by atoms with van der Waals surface area (Å²) in [7, 11) is 3.30. The van der Waals surface area contributed by atoms with Crippen LogP contribution in [0.4, 0.5) is 5.95 Å². The number of benzene rings is 3. The van der Waals surface area contributed by atoms with Crippen LogP contribution in [0.3, 0.4) is 0 Å². The third kappa shape index (κ3) is 4.95. The first kappa shape index (κ1) is 21.5. The molecule has 1 aromatic heterocycles. The van der Waals surface area contributed by atoms with Crippen molar-refractivity contribution < 1.29 is 9.84 Å². The second-order valence-electron chi connectivity index (χ2n) is 7.01. The number of hydrogen-bond donors (Lipinski definition) is 1. The van der Waals surface area contributed by atoms with Crippen molar-refractivity contribution in [3.05, 3.63) is 88.9 Å². The fourth-order valence-electron chi connectivity index (χ4n) is 3.08. The quantitative estimate of drug-likeness (QED) is 0.276. The normalized spacial score (nSPS) is 11.0. The summed E-state index contributed by atoms with van der Waals surface area (Å²) < 4.78 is 6.17. The van der Waals surface area contributed by atoms with Gasteiger partial charge < -0.3 is 9.84 Å². The third-order valence-electron chi connectivity index (χ3n) is 4.80. The molecule has 0 atom stereocenters. The van der Waals surface area contributed by atoms with Crippen molar-refractivity contribution >= 4 is 28.1 Å². The van der Waals surface area contributed by atoms with Gasteiger partial charge in [-0.2, -0.15) is 5.10 Å². The molecule has 4 rings (SSSR count). The number of hydrogen-bond acceptors (Lipinski definition) is 6. The molecular weight excluding hydrogens is 468 g/mol. The number of anilines is 1. The minimum atomic E-state index is 0.0797. The molecule has 3 aromatic carbocycles. The fourth-order valence-corrected chi connectivity index (χ4v) is 3.35. The van der Waals surface area contributed by atoms with Crippen molar-refractivity contribution in [1.82, 2.24) is 9.97 Å². The molecule has 1 heterocycles. The van der Waals surface area contributed by atoms with E-state index in [-0.39, 0.29) is 5.75 Å². The predicted octanol–water partition coefficient (Wildman–Crippen LogP) is 5.76. The van der Waals surface area contributed by atoms with Crippen LogP contribution in [0.5, 0.6) is 11.5 Å². The van der Waals surface area contributed by atoms with Crippen LogP contribution in [0, 0.1) is 0 Å². The van der Waals surface area contributed by atoms with E-state index in [0.717, 1.165) is 32.6 Å². The van der Waals surface area contributed by atoms with Gasteiger partial charge in [-0.1, -0.05) is 58.4 Å². The number of aromatic nitrogens is 2. The number of hydrazone groups is 1. The highest BCUT2D eigenvalue weighted by molar-refractivity contribution is 9.10. The molecule has 0 fully saturated rings. The van der Waals surface area contributed by atoms with Crippen molar-refractivity contribution in [1.29, 1.82) is 0 Å². The molecule has 0 saturated carbocycles. The van der Waals surface area contributed by atoms with Crippen LogP contribution < -0.4 is 9.75 Å². The molecule has 6 nitrogen and oxygen atoms in total. The van der Waals surface area contributed by atoms with Crippen LogP contribution in [-0.4, -0.2) is 35.4 Å². The second-order valence-corrected chi connectivity index (χ2v) is 7.93. The van der Waals surface area contributed by atoms with Crippen molar-refractivity contribution in [3.8, 4) is 34.0 Å². The van der Waals surface area contributed by atoms with Crippen molar-refractivity contribution in [3.63, 3.8) is 0 Å².